The maximum Gasteiger partial charge on any atom is 0.224 e. The largest absolute Gasteiger partial charge is 0.355 e. The first-order chi connectivity index (χ1) is 13.6. The number of carbonyl (C=O) groups excluding carboxylic acids is 1. The normalized spacial score (nSPS) is 17.4. The van der Waals surface area contributed by atoms with Crippen LogP contribution in [0.1, 0.15) is 29.5 Å². The van der Waals surface area contributed by atoms with Gasteiger partial charge in [0.25, 0.3) is 0 Å². The average Bonchev–Trinajstić information content (AvgIpc) is 2.71. The number of hydrogen-bond acceptors (Lipinski definition) is 3. The lowest BCUT2D eigenvalue weighted by molar-refractivity contribution is -0.126. The Morgan fingerprint density at radius 3 is 2.71 bits per heavy atom. The van der Waals surface area contributed by atoms with E-state index in [1.807, 2.05) is 30.0 Å². The predicted octanol–water partition coefficient (Wildman–Crippen LogP) is 4.91. The second-order valence-electron chi connectivity index (χ2n) is 7.44. The molecule has 1 aliphatic rings. The summed E-state index contributed by atoms with van der Waals surface area (Å²) >= 11 is 8.16. The highest BCUT2D eigenvalue weighted by atomic mass is 35.5. The SMILES string of the molecule is Cc1ccccc1CSCCNC(=O)[C@H]1CCCN(Cc2ccccc2Cl)C1. The number of likely N-dealkylation sites (tertiary alicyclic amines) is 1. The van der Waals surface area contributed by atoms with Gasteiger partial charge in [-0.1, -0.05) is 54.1 Å². The van der Waals surface area contributed by atoms with Crippen molar-refractivity contribution in [2.75, 3.05) is 25.4 Å². The first-order valence-electron chi connectivity index (χ1n) is 9.99. The standard InChI is InChI=1S/C23H29ClN2OS/c1-18-7-2-3-9-21(18)17-28-14-12-25-23(27)20-10-6-13-26(16-20)15-19-8-4-5-11-22(19)24/h2-5,7-9,11,20H,6,10,12-17H2,1H3,(H,25,27)/t20-/m0/s1. The van der Waals surface area contributed by atoms with Gasteiger partial charge in [-0.05, 0) is 49.1 Å². The third kappa shape index (κ3) is 6.26. The number of rotatable bonds is 8. The molecular weight excluding hydrogens is 388 g/mol. The lowest BCUT2D eigenvalue weighted by Crippen LogP contribution is -2.43. The van der Waals surface area contributed by atoms with E-state index in [1.165, 1.54) is 11.1 Å². The van der Waals surface area contributed by atoms with Crippen LogP contribution in [0.25, 0.3) is 0 Å². The van der Waals surface area contributed by atoms with E-state index in [4.69, 9.17) is 11.6 Å². The number of benzene rings is 2. The second-order valence-corrected chi connectivity index (χ2v) is 8.95. The van der Waals surface area contributed by atoms with Crippen molar-refractivity contribution in [3.8, 4) is 0 Å². The zero-order valence-electron chi connectivity index (χ0n) is 16.5. The lowest BCUT2D eigenvalue weighted by Gasteiger charge is -2.32. The fourth-order valence-electron chi connectivity index (χ4n) is 3.63. The Labute approximate surface area is 177 Å². The van der Waals surface area contributed by atoms with E-state index in [0.717, 1.165) is 61.1 Å². The summed E-state index contributed by atoms with van der Waals surface area (Å²) in [6, 6.07) is 16.5. The van der Waals surface area contributed by atoms with Crippen molar-refractivity contribution < 1.29 is 4.79 Å². The van der Waals surface area contributed by atoms with E-state index in [0.29, 0.717) is 0 Å². The van der Waals surface area contributed by atoms with E-state index in [2.05, 4.69) is 47.5 Å². The van der Waals surface area contributed by atoms with Crippen molar-refractivity contribution in [1.29, 1.82) is 0 Å². The van der Waals surface area contributed by atoms with Crippen LogP contribution >= 0.6 is 23.4 Å². The predicted molar refractivity (Wildman–Crippen MR) is 120 cm³/mol. The zero-order chi connectivity index (χ0) is 19.8. The molecule has 0 saturated carbocycles. The van der Waals surface area contributed by atoms with Gasteiger partial charge in [0.2, 0.25) is 5.91 Å². The molecule has 1 amide bonds. The molecule has 0 radical (unpaired) electrons. The number of piperidine rings is 1. The molecule has 1 N–H and O–H groups in total. The monoisotopic (exact) mass is 416 g/mol. The molecule has 0 spiro atoms. The highest BCUT2D eigenvalue weighted by Crippen LogP contribution is 2.22. The maximum absolute atomic E-state index is 12.6. The van der Waals surface area contributed by atoms with Gasteiger partial charge >= 0.3 is 0 Å². The van der Waals surface area contributed by atoms with Gasteiger partial charge in [-0.25, -0.2) is 0 Å². The second kappa shape index (κ2) is 10.9. The topological polar surface area (TPSA) is 32.3 Å². The zero-order valence-corrected chi connectivity index (χ0v) is 18.1. The Morgan fingerprint density at radius 1 is 1.18 bits per heavy atom. The molecule has 0 unspecified atom stereocenters. The summed E-state index contributed by atoms with van der Waals surface area (Å²) in [7, 11) is 0. The molecule has 1 atom stereocenters. The van der Waals surface area contributed by atoms with Crippen molar-refractivity contribution in [1.82, 2.24) is 10.2 Å². The molecule has 0 aromatic heterocycles. The summed E-state index contributed by atoms with van der Waals surface area (Å²) < 4.78 is 0. The molecule has 3 nitrogen and oxygen atoms in total. The van der Waals surface area contributed by atoms with Crippen molar-refractivity contribution in [3.63, 3.8) is 0 Å². The molecule has 0 aliphatic carbocycles. The molecule has 0 bridgehead atoms. The Kier molecular flexibility index (Phi) is 8.26. The summed E-state index contributed by atoms with van der Waals surface area (Å²) in [5.74, 6) is 2.21. The van der Waals surface area contributed by atoms with Crippen molar-refractivity contribution in [2.24, 2.45) is 5.92 Å². The molecule has 1 saturated heterocycles. The number of carbonyl (C=O) groups is 1. The van der Waals surface area contributed by atoms with Crippen molar-refractivity contribution in [2.45, 2.75) is 32.1 Å². The molecule has 1 heterocycles. The molecule has 2 aromatic carbocycles. The van der Waals surface area contributed by atoms with Gasteiger partial charge < -0.3 is 5.32 Å². The number of halogens is 1. The van der Waals surface area contributed by atoms with E-state index >= 15 is 0 Å². The van der Waals surface area contributed by atoms with E-state index < -0.39 is 0 Å². The minimum atomic E-state index is 0.0811. The summed E-state index contributed by atoms with van der Waals surface area (Å²) in [5.41, 5.74) is 3.85. The van der Waals surface area contributed by atoms with E-state index in [1.54, 1.807) is 0 Å². The molecule has 28 heavy (non-hydrogen) atoms. The minimum Gasteiger partial charge on any atom is -0.355 e. The quantitative estimate of drug-likeness (QED) is 0.620. The Hall–Kier alpha value is -1.49. The molecule has 3 rings (SSSR count). The first kappa shape index (κ1) is 21.2. The van der Waals surface area contributed by atoms with Gasteiger partial charge in [-0.15, -0.1) is 0 Å². The molecule has 2 aromatic rings. The van der Waals surface area contributed by atoms with Crippen LogP contribution in [-0.2, 0) is 17.1 Å². The highest BCUT2D eigenvalue weighted by Gasteiger charge is 2.25. The van der Waals surface area contributed by atoms with E-state index in [9.17, 15) is 4.79 Å². The Bertz CT molecular complexity index is 783. The number of amides is 1. The van der Waals surface area contributed by atoms with Crippen LogP contribution in [0.3, 0.4) is 0 Å². The smallest absolute Gasteiger partial charge is 0.224 e. The maximum atomic E-state index is 12.6. The summed E-state index contributed by atoms with van der Waals surface area (Å²) in [5, 5.41) is 3.94. The van der Waals surface area contributed by atoms with Gasteiger partial charge in [0.05, 0.1) is 5.92 Å². The third-order valence-electron chi connectivity index (χ3n) is 5.29. The Morgan fingerprint density at radius 2 is 1.93 bits per heavy atom. The Balaban J connectivity index is 1.38. The first-order valence-corrected chi connectivity index (χ1v) is 11.5. The van der Waals surface area contributed by atoms with Crippen molar-refractivity contribution >= 4 is 29.3 Å². The fourth-order valence-corrected chi connectivity index (χ4v) is 4.76. The molecular formula is C23H29ClN2OS. The summed E-state index contributed by atoms with van der Waals surface area (Å²) in [6.45, 7) is 5.54. The molecule has 1 fully saturated rings. The van der Waals surface area contributed by atoms with Crippen LogP contribution in [0, 0.1) is 12.8 Å². The van der Waals surface area contributed by atoms with Crippen molar-refractivity contribution in [3.05, 3.63) is 70.2 Å². The van der Waals surface area contributed by atoms with Gasteiger partial charge in [0, 0.05) is 36.2 Å². The number of nitrogens with zero attached hydrogens (tertiary/aromatic N) is 1. The molecule has 5 heteroatoms. The van der Waals surface area contributed by atoms with Gasteiger partial charge in [0.1, 0.15) is 0 Å². The summed E-state index contributed by atoms with van der Waals surface area (Å²) in [6.07, 6.45) is 2.03. The third-order valence-corrected chi connectivity index (χ3v) is 6.67. The molecule has 150 valence electrons. The van der Waals surface area contributed by atoms with Crippen LogP contribution in [0.15, 0.2) is 48.5 Å². The molecule has 1 aliphatic heterocycles. The van der Waals surface area contributed by atoms with E-state index in [-0.39, 0.29) is 11.8 Å². The average molecular weight is 417 g/mol. The minimum absolute atomic E-state index is 0.0811. The van der Waals surface area contributed by atoms with Crippen LogP contribution in [-0.4, -0.2) is 36.2 Å². The number of hydrogen-bond donors (Lipinski definition) is 1. The van der Waals surface area contributed by atoms with Gasteiger partial charge in [-0.3, -0.25) is 9.69 Å². The number of thioether (sulfide) groups is 1. The van der Waals surface area contributed by atoms with Crippen LogP contribution in [0.5, 0.6) is 0 Å². The van der Waals surface area contributed by atoms with Crippen LogP contribution < -0.4 is 5.32 Å². The lowest BCUT2D eigenvalue weighted by atomic mass is 9.96. The van der Waals surface area contributed by atoms with Gasteiger partial charge in [-0.2, -0.15) is 11.8 Å². The highest BCUT2D eigenvalue weighted by molar-refractivity contribution is 7.98. The summed E-state index contributed by atoms with van der Waals surface area (Å²) in [4.78, 5) is 14.9. The van der Waals surface area contributed by atoms with Gasteiger partial charge in [0.15, 0.2) is 0 Å². The fraction of sp³-hybridized carbons (Fsp3) is 0.435. The number of aryl methyl sites for hydroxylation is 1. The van der Waals surface area contributed by atoms with Crippen LogP contribution in [0.2, 0.25) is 5.02 Å². The number of nitrogens with one attached hydrogen (secondary N) is 1. The van der Waals surface area contributed by atoms with Crippen LogP contribution in [0.4, 0.5) is 0 Å².